The molecule has 2 nitrogen and oxygen atoms in total. The number of rotatable bonds is 1. The normalized spacial score (nSPS) is 17.8. The van der Waals surface area contributed by atoms with Gasteiger partial charge in [0.25, 0.3) is 0 Å². The number of hydrogen-bond acceptors (Lipinski definition) is 3. The Morgan fingerprint density at radius 3 is 2.60 bits per heavy atom. The van der Waals surface area contributed by atoms with Crippen LogP contribution in [0.15, 0.2) is 54.6 Å². The average molecular weight is 279 g/mol. The number of hydrogen-bond donors (Lipinski definition) is 1. The van der Waals surface area contributed by atoms with Crippen LogP contribution >= 0.6 is 11.3 Å². The van der Waals surface area contributed by atoms with Crippen LogP contribution in [0.4, 0.5) is 5.69 Å². The fourth-order valence-electron chi connectivity index (χ4n) is 2.77. The molecule has 20 heavy (non-hydrogen) atoms. The summed E-state index contributed by atoms with van der Waals surface area (Å²) >= 11 is 1.59. The van der Waals surface area contributed by atoms with Crippen molar-refractivity contribution in [3.63, 3.8) is 0 Å². The number of anilines is 1. The van der Waals surface area contributed by atoms with Gasteiger partial charge in [-0.2, -0.15) is 0 Å². The molecule has 2 heterocycles. The molecule has 0 amide bonds. The van der Waals surface area contributed by atoms with E-state index in [4.69, 9.17) is 0 Å². The van der Waals surface area contributed by atoms with Gasteiger partial charge in [0.15, 0.2) is 5.78 Å². The summed E-state index contributed by atoms with van der Waals surface area (Å²) < 4.78 is 1.17. The highest BCUT2D eigenvalue weighted by atomic mass is 32.1. The first kappa shape index (κ1) is 11.7. The predicted molar refractivity (Wildman–Crippen MR) is 83.6 cm³/mol. The average Bonchev–Trinajstić information content (AvgIpc) is 2.88. The smallest absolute Gasteiger partial charge is 0.177 e. The van der Waals surface area contributed by atoms with Crippen molar-refractivity contribution in [3.05, 3.63) is 65.0 Å². The Hall–Kier alpha value is -2.13. The fourth-order valence-corrected chi connectivity index (χ4v) is 3.89. The van der Waals surface area contributed by atoms with Crippen molar-refractivity contribution in [2.75, 3.05) is 5.32 Å². The number of nitrogens with one attached hydrogen (secondary N) is 1. The zero-order chi connectivity index (χ0) is 13.5. The Kier molecular flexibility index (Phi) is 2.60. The quantitative estimate of drug-likeness (QED) is 0.703. The maximum Gasteiger partial charge on any atom is 0.177 e. The molecule has 0 saturated carbocycles. The van der Waals surface area contributed by atoms with Gasteiger partial charge in [-0.1, -0.05) is 48.5 Å². The number of Topliss-reactive ketones (excluding diaryl/α,β-unsaturated/α-hetero) is 1. The molecular formula is C17H13NOS. The SMILES string of the molecule is O=C1CC(c2ccccc2)Nc2c1sc1ccccc21. The molecule has 0 fully saturated rings. The summed E-state index contributed by atoms with van der Waals surface area (Å²) in [5.41, 5.74) is 2.18. The lowest BCUT2D eigenvalue weighted by atomic mass is 9.96. The second-order valence-corrected chi connectivity index (χ2v) is 6.09. The van der Waals surface area contributed by atoms with Crippen LogP contribution in [0, 0.1) is 0 Å². The molecule has 0 bridgehead atoms. The summed E-state index contributed by atoms with van der Waals surface area (Å²) in [4.78, 5) is 13.3. The minimum absolute atomic E-state index is 0.0780. The van der Waals surface area contributed by atoms with E-state index in [1.54, 1.807) is 11.3 Å². The van der Waals surface area contributed by atoms with Gasteiger partial charge in [-0.15, -0.1) is 11.3 Å². The predicted octanol–water partition coefficient (Wildman–Crippen LogP) is 4.64. The van der Waals surface area contributed by atoms with Crippen molar-refractivity contribution in [3.8, 4) is 0 Å². The minimum atomic E-state index is 0.0780. The van der Waals surface area contributed by atoms with Gasteiger partial charge in [-0.3, -0.25) is 4.79 Å². The largest absolute Gasteiger partial charge is 0.376 e. The van der Waals surface area contributed by atoms with Gasteiger partial charge >= 0.3 is 0 Å². The van der Waals surface area contributed by atoms with Gasteiger partial charge < -0.3 is 5.32 Å². The number of ketones is 1. The molecule has 1 unspecified atom stereocenters. The molecule has 2 aromatic carbocycles. The lowest BCUT2D eigenvalue weighted by molar-refractivity contribution is 0.0976. The molecule has 98 valence electrons. The summed E-state index contributed by atoms with van der Waals surface area (Å²) in [5.74, 6) is 0.244. The summed E-state index contributed by atoms with van der Waals surface area (Å²) in [5, 5.41) is 4.71. The van der Waals surface area contributed by atoms with E-state index in [1.165, 1.54) is 10.3 Å². The molecule has 1 aliphatic heterocycles. The monoisotopic (exact) mass is 279 g/mol. The lowest BCUT2D eigenvalue weighted by Crippen LogP contribution is -2.21. The van der Waals surface area contributed by atoms with E-state index in [-0.39, 0.29) is 11.8 Å². The summed E-state index contributed by atoms with van der Waals surface area (Å²) in [7, 11) is 0. The van der Waals surface area contributed by atoms with Gasteiger partial charge in [-0.25, -0.2) is 0 Å². The standard InChI is InChI=1S/C17H13NOS/c19-14-10-13(11-6-2-1-3-7-11)18-16-12-8-4-5-9-15(12)20-17(14)16/h1-9,13,18H,10H2. The first-order valence-corrected chi connectivity index (χ1v) is 7.51. The van der Waals surface area contributed by atoms with Crippen LogP contribution in [-0.4, -0.2) is 5.78 Å². The number of carbonyl (C=O) groups excluding carboxylic acids is 1. The maximum absolute atomic E-state index is 12.4. The third-order valence-corrected chi connectivity index (χ3v) is 4.97. The summed E-state index contributed by atoms with van der Waals surface area (Å²) in [6, 6.07) is 18.5. The van der Waals surface area contributed by atoms with E-state index in [1.807, 2.05) is 30.3 Å². The highest BCUT2D eigenvalue weighted by molar-refractivity contribution is 7.21. The number of fused-ring (bicyclic) bond motifs is 3. The lowest BCUT2D eigenvalue weighted by Gasteiger charge is -2.24. The molecular weight excluding hydrogens is 266 g/mol. The van der Waals surface area contributed by atoms with Gasteiger partial charge in [0.05, 0.1) is 16.6 Å². The van der Waals surface area contributed by atoms with Crippen LogP contribution in [-0.2, 0) is 0 Å². The van der Waals surface area contributed by atoms with Crippen LogP contribution in [0.1, 0.15) is 27.7 Å². The van der Waals surface area contributed by atoms with E-state index in [2.05, 4.69) is 29.6 Å². The second kappa shape index (κ2) is 4.46. The van der Waals surface area contributed by atoms with Crippen molar-refractivity contribution in [2.45, 2.75) is 12.5 Å². The van der Waals surface area contributed by atoms with E-state index < -0.39 is 0 Å². The molecule has 0 spiro atoms. The molecule has 0 radical (unpaired) electrons. The van der Waals surface area contributed by atoms with E-state index in [0.717, 1.165) is 16.0 Å². The van der Waals surface area contributed by atoms with Gasteiger partial charge in [0, 0.05) is 16.5 Å². The Balaban J connectivity index is 1.84. The zero-order valence-corrected chi connectivity index (χ0v) is 11.6. The Labute approximate surface area is 121 Å². The number of benzene rings is 2. The minimum Gasteiger partial charge on any atom is -0.376 e. The summed E-state index contributed by atoms with van der Waals surface area (Å²) in [6.45, 7) is 0. The van der Waals surface area contributed by atoms with E-state index in [0.29, 0.717) is 6.42 Å². The molecule has 1 aromatic heterocycles. The van der Waals surface area contributed by atoms with E-state index in [9.17, 15) is 4.79 Å². The first-order chi connectivity index (χ1) is 9.83. The maximum atomic E-state index is 12.4. The topological polar surface area (TPSA) is 29.1 Å². The van der Waals surface area contributed by atoms with Crippen molar-refractivity contribution in [2.24, 2.45) is 0 Å². The fraction of sp³-hybridized carbons (Fsp3) is 0.118. The Morgan fingerprint density at radius 1 is 1.00 bits per heavy atom. The van der Waals surface area contributed by atoms with Crippen molar-refractivity contribution in [1.82, 2.24) is 0 Å². The first-order valence-electron chi connectivity index (χ1n) is 6.69. The Bertz CT molecular complexity index is 791. The third-order valence-electron chi connectivity index (χ3n) is 3.76. The molecule has 3 heteroatoms. The van der Waals surface area contributed by atoms with E-state index >= 15 is 0 Å². The van der Waals surface area contributed by atoms with Crippen LogP contribution in [0.25, 0.3) is 10.1 Å². The van der Waals surface area contributed by atoms with Gasteiger partial charge in [0.2, 0.25) is 0 Å². The molecule has 1 atom stereocenters. The highest BCUT2D eigenvalue weighted by Crippen LogP contribution is 2.42. The zero-order valence-electron chi connectivity index (χ0n) is 10.8. The third kappa shape index (κ3) is 1.74. The Morgan fingerprint density at radius 2 is 1.75 bits per heavy atom. The van der Waals surface area contributed by atoms with Crippen molar-refractivity contribution >= 4 is 32.9 Å². The molecule has 0 aliphatic carbocycles. The molecule has 1 N–H and O–H groups in total. The molecule has 3 aromatic rings. The van der Waals surface area contributed by atoms with Gasteiger partial charge in [-0.05, 0) is 11.6 Å². The van der Waals surface area contributed by atoms with Crippen LogP contribution < -0.4 is 5.32 Å². The van der Waals surface area contributed by atoms with Crippen molar-refractivity contribution in [1.29, 1.82) is 0 Å². The number of carbonyl (C=O) groups is 1. The van der Waals surface area contributed by atoms with Crippen LogP contribution in [0.3, 0.4) is 0 Å². The summed E-state index contributed by atoms with van der Waals surface area (Å²) in [6.07, 6.45) is 0.532. The number of thiophene rings is 1. The molecule has 0 saturated heterocycles. The van der Waals surface area contributed by atoms with Crippen LogP contribution in [0.5, 0.6) is 0 Å². The van der Waals surface area contributed by atoms with Gasteiger partial charge in [0.1, 0.15) is 0 Å². The van der Waals surface area contributed by atoms with Crippen LogP contribution in [0.2, 0.25) is 0 Å². The molecule has 1 aliphatic rings. The highest BCUT2D eigenvalue weighted by Gasteiger charge is 2.28. The molecule has 4 rings (SSSR count). The second-order valence-electron chi connectivity index (χ2n) is 5.04. The van der Waals surface area contributed by atoms with Crippen molar-refractivity contribution < 1.29 is 4.79 Å².